The first-order valence-electron chi connectivity index (χ1n) is 7.46. The summed E-state index contributed by atoms with van der Waals surface area (Å²) in [5.74, 6) is 0.0810. The summed E-state index contributed by atoms with van der Waals surface area (Å²) < 4.78 is 6.28. The van der Waals surface area contributed by atoms with Gasteiger partial charge in [-0.25, -0.2) is 0 Å². The van der Waals surface area contributed by atoms with E-state index in [1.54, 1.807) is 0 Å². The highest BCUT2D eigenvalue weighted by Crippen LogP contribution is 2.37. The molecular weight excluding hydrogens is 264 g/mol. The summed E-state index contributed by atoms with van der Waals surface area (Å²) in [6.45, 7) is 16.2. The Kier molecular flexibility index (Phi) is 5.20. The van der Waals surface area contributed by atoms with Crippen molar-refractivity contribution in [2.24, 2.45) is 17.3 Å². The van der Waals surface area contributed by atoms with Gasteiger partial charge in [0.15, 0.2) is 8.32 Å². The highest BCUT2D eigenvalue weighted by atomic mass is 28.4. The summed E-state index contributed by atoms with van der Waals surface area (Å²) in [5.41, 5.74) is 0.0208. The highest BCUT2D eigenvalue weighted by molar-refractivity contribution is 6.74. The van der Waals surface area contributed by atoms with Crippen molar-refractivity contribution >= 4 is 14.6 Å². The Labute approximate surface area is 125 Å². The predicted octanol–water partition coefficient (Wildman–Crippen LogP) is 4.59. The Morgan fingerprint density at radius 2 is 1.75 bits per heavy atom. The molecule has 3 heteroatoms. The molecule has 1 aliphatic rings. The molecule has 2 atom stereocenters. The molecule has 2 nitrogen and oxygen atoms in total. The molecule has 0 fully saturated rings. The number of allylic oxidation sites excluding steroid dienone is 3. The maximum atomic E-state index is 11.3. The molecule has 0 aromatic rings. The van der Waals surface area contributed by atoms with Crippen LogP contribution in [0.25, 0.3) is 0 Å². The summed E-state index contributed by atoms with van der Waals surface area (Å²) in [6, 6.07) is 0. The van der Waals surface area contributed by atoms with E-state index in [2.05, 4.69) is 65.9 Å². The highest BCUT2D eigenvalue weighted by Gasteiger charge is 2.38. The van der Waals surface area contributed by atoms with Gasteiger partial charge in [0.2, 0.25) is 0 Å². The molecular formula is C17H30O2Si. The van der Waals surface area contributed by atoms with Crippen LogP contribution in [-0.4, -0.2) is 21.2 Å². The maximum Gasteiger partial charge on any atom is 0.192 e. The van der Waals surface area contributed by atoms with Crippen molar-refractivity contribution in [2.75, 3.05) is 6.61 Å². The van der Waals surface area contributed by atoms with Gasteiger partial charge in [-0.1, -0.05) is 58.9 Å². The quantitative estimate of drug-likeness (QED) is 0.430. The van der Waals surface area contributed by atoms with Crippen molar-refractivity contribution < 1.29 is 9.22 Å². The molecule has 0 heterocycles. The summed E-state index contributed by atoms with van der Waals surface area (Å²) in [4.78, 5) is 11.3. The van der Waals surface area contributed by atoms with Gasteiger partial charge in [-0.2, -0.15) is 0 Å². The predicted molar refractivity (Wildman–Crippen MR) is 88.3 cm³/mol. The molecule has 0 radical (unpaired) electrons. The molecule has 0 spiro atoms. The zero-order valence-electron chi connectivity index (χ0n) is 14.1. The average molecular weight is 295 g/mol. The summed E-state index contributed by atoms with van der Waals surface area (Å²) >= 11 is 0. The molecule has 1 rings (SSSR count). The standard InChI is InChI=1S/C17H30O2Si/c1-16(2,3)20(6,7)19-13-15-9-11-17(4,5)10-8-14(15)12-18/h8-12,14-15H,13H2,1-7H3/t14-,15+/m1/s1. The van der Waals surface area contributed by atoms with Gasteiger partial charge in [-0.3, -0.25) is 0 Å². The van der Waals surface area contributed by atoms with Crippen LogP contribution < -0.4 is 0 Å². The normalized spacial score (nSPS) is 26.4. The van der Waals surface area contributed by atoms with Crippen LogP contribution in [0.3, 0.4) is 0 Å². The van der Waals surface area contributed by atoms with Crippen molar-refractivity contribution in [1.29, 1.82) is 0 Å². The second-order valence-corrected chi connectivity index (χ2v) is 12.8. The summed E-state index contributed by atoms with van der Waals surface area (Å²) in [6.07, 6.45) is 9.54. The fourth-order valence-corrected chi connectivity index (χ4v) is 2.93. The fraction of sp³-hybridized carbons (Fsp3) is 0.706. The number of hydrogen-bond acceptors (Lipinski definition) is 2. The Bertz CT molecular complexity index is 400. The van der Waals surface area contributed by atoms with Gasteiger partial charge in [0.25, 0.3) is 0 Å². The van der Waals surface area contributed by atoms with Crippen molar-refractivity contribution in [3.63, 3.8) is 0 Å². The fourth-order valence-electron chi connectivity index (χ4n) is 1.89. The SMILES string of the molecule is CC1(C)C=C[C@H](C=O)[C@H](CO[Si](C)(C)C(C)(C)C)C=C1. The first kappa shape index (κ1) is 17.4. The van der Waals surface area contributed by atoms with Crippen molar-refractivity contribution in [1.82, 2.24) is 0 Å². The van der Waals surface area contributed by atoms with Crippen LogP contribution in [0, 0.1) is 17.3 Å². The van der Waals surface area contributed by atoms with Crippen LogP contribution in [-0.2, 0) is 9.22 Å². The smallest absolute Gasteiger partial charge is 0.192 e. The summed E-state index contributed by atoms with van der Waals surface area (Å²) in [5, 5.41) is 0.202. The van der Waals surface area contributed by atoms with Gasteiger partial charge in [0.05, 0.1) is 0 Å². The molecule has 0 aromatic heterocycles. The molecule has 0 aromatic carbocycles. The Balaban J connectivity index is 2.81. The van der Waals surface area contributed by atoms with Crippen LogP contribution in [0.2, 0.25) is 18.1 Å². The Hall–Kier alpha value is -0.673. The van der Waals surface area contributed by atoms with Gasteiger partial charge in [0, 0.05) is 23.9 Å². The molecule has 0 aliphatic heterocycles. The lowest BCUT2D eigenvalue weighted by Gasteiger charge is -2.37. The number of carbonyl (C=O) groups excluding carboxylic acids is 1. The Morgan fingerprint density at radius 1 is 1.20 bits per heavy atom. The largest absolute Gasteiger partial charge is 0.416 e. The maximum absolute atomic E-state index is 11.3. The van der Waals surface area contributed by atoms with Crippen LogP contribution in [0.1, 0.15) is 34.6 Å². The zero-order valence-corrected chi connectivity index (χ0v) is 15.1. The van der Waals surface area contributed by atoms with Crippen LogP contribution in [0.5, 0.6) is 0 Å². The topological polar surface area (TPSA) is 26.3 Å². The Morgan fingerprint density at radius 3 is 2.25 bits per heavy atom. The lowest BCUT2D eigenvalue weighted by atomic mass is 9.93. The molecule has 20 heavy (non-hydrogen) atoms. The summed E-state index contributed by atoms with van der Waals surface area (Å²) in [7, 11) is -1.76. The van der Waals surface area contributed by atoms with E-state index in [0.29, 0.717) is 6.61 Å². The van der Waals surface area contributed by atoms with Crippen LogP contribution in [0.4, 0.5) is 0 Å². The van der Waals surface area contributed by atoms with E-state index >= 15 is 0 Å². The molecule has 0 saturated heterocycles. The molecule has 0 bridgehead atoms. The number of hydrogen-bond donors (Lipinski definition) is 0. The number of aldehydes is 1. The van der Waals surface area contributed by atoms with Gasteiger partial charge in [-0.15, -0.1) is 0 Å². The molecule has 0 saturated carbocycles. The third kappa shape index (κ3) is 4.42. The van der Waals surface area contributed by atoms with Gasteiger partial charge in [0.1, 0.15) is 6.29 Å². The van der Waals surface area contributed by atoms with E-state index < -0.39 is 8.32 Å². The molecule has 1 aliphatic carbocycles. The van der Waals surface area contributed by atoms with E-state index in [1.807, 2.05) is 6.08 Å². The minimum atomic E-state index is -1.76. The molecule has 114 valence electrons. The van der Waals surface area contributed by atoms with Crippen molar-refractivity contribution in [3.8, 4) is 0 Å². The third-order valence-electron chi connectivity index (χ3n) is 4.62. The molecule has 0 amide bonds. The number of carbonyl (C=O) groups is 1. The van der Waals surface area contributed by atoms with Gasteiger partial charge < -0.3 is 9.22 Å². The minimum Gasteiger partial charge on any atom is -0.416 e. The van der Waals surface area contributed by atoms with E-state index in [-0.39, 0.29) is 22.3 Å². The first-order chi connectivity index (χ1) is 8.98. The second kappa shape index (κ2) is 5.98. The third-order valence-corrected chi connectivity index (χ3v) is 9.12. The zero-order chi connectivity index (χ0) is 15.6. The van der Waals surface area contributed by atoms with Gasteiger partial charge in [-0.05, 0) is 18.1 Å². The van der Waals surface area contributed by atoms with E-state index in [9.17, 15) is 4.79 Å². The lowest BCUT2D eigenvalue weighted by Crippen LogP contribution is -2.42. The van der Waals surface area contributed by atoms with Crippen molar-refractivity contribution in [3.05, 3.63) is 24.3 Å². The average Bonchev–Trinajstić information content (AvgIpc) is 2.44. The van der Waals surface area contributed by atoms with E-state index in [4.69, 9.17) is 4.43 Å². The minimum absolute atomic E-state index is 0.0208. The molecule has 0 unspecified atom stereocenters. The van der Waals surface area contributed by atoms with Crippen molar-refractivity contribution in [2.45, 2.75) is 52.8 Å². The monoisotopic (exact) mass is 294 g/mol. The van der Waals surface area contributed by atoms with Crippen LogP contribution in [0.15, 0.2) is 24.3 Å². The molecule has 0 N–H and O–H groups in total. The van der Waals surface area contributed by atoms with E-state index in [0.717, 1.165) is 6.29 Å². The second-order valence-electron chi connectivity index (χ2n) is 7.99. The van der Waals surface area contributed by atoms with E-state index in [1.165, 1.54) is 0 Å². The number of rotatable bonds is 4. The first-order valence-corrected chi connectivity index (χ1v) is 10.4. The van der Waals surface area contributed by atoms with Crippen LogP contribution >= 0.6 is 0 Å². The lowest BCUT2D eigenvalue weighted by molar-refractivity contribution is -0.111. The van der Waals surface area contributed by atoms with Gasteiger partial charge >= 0.3 is 0 Å².